The van der Waals surface area contributed by atoms with Crippen LogP contribution in [0, 0.1) is 5.92 Å². The molecule has 0 aromatic carbocycles. The van der Waals surface area contributed by atoms with E-state index >= 15 is 0 Å². The zero-order valence-electron chi connectivity index (χ0n) is 10.9. The van der Waals surface area contributed by atoms with Crippen LogP contribution in [0.2, 0.25) is 0 Å². The van der Waals surface area contributed by atoms with Gasteiger partial charge in [0.25, 0.3) is 0 Å². The first-order valence-electron chi connectivity index (χ1n) is 5.75. The van der Waals surface area contributed by atoms with Gasteiger partial charge in [-0.05, 0) is 6.92 Å². The van der Waals surface area contributed by atoms with Gasteiger partial charge in [-0.2, -0.15) is 0 Å². The molecule has 0 aromatic rings. The van der Waals surface area contributed by atoms with Crippen molar-refractivity contribution in [1.82, 2.24) is 10.2 Å². The number of rotatable bonds is 7. The molecule has 0 saturated heterocycles. The predicted octanol–water partition coefficient (Wildman–Crippen LogP) is 0.302. The van der Waals surface area contributed by atoms with Gasteiger partial charge in [0.05, 0.1) is 18.9 Å². The summed E-state index contributed by atoms with van der Waals surface area (Å²) in [5.74, 6) is -1.98. The lowest BCUT2D eigenvalue weighted by Crippen LogP contribution is -2.41. The topological polar surface area (TPSA) is 95.9 Å². The van der Waals surface area contributed by atoms with E-state index < -0.39 is 17.9 Å². The van der Waals surface area contributed by atoms with Crippen molar-refractivity contribution in [2.75, 3.05) is 26.7 Å². The van der Waals surface area contributed by atoms with Gasteiger partial charge in [0.2, 0.25) is 0 Å². The van der Waals surface area contributed by atoms with E-state index in [1.165, 1.54) is 18.9 Å². The zero-order valence-corrected chi connectivity index (χ0v) is 10.9. The number of aliphatic carboxylic acids is 1. The fraction of sp³-hybridized carbons (Fsp3) is 0.727. The van der Waals surface area contributed by atoms with Crippen LogP contribution < -0.4 is 5.32 Å². The molecule has 0 bridgehead atoms. The summed E-state index contributed by atoms with van der Waals surface area (Å²) in [6.45, 7) is 3.80. The highest BCUT2D eigenvalue weighted by Crippen LogP contribution is 1.95. The van der Waals surface area contributed by atoms with Crippen LogP contribution in [-0.2, 0) is 14.3 Å². The first-order chi connectivity index (χ1) is 8.38. The van der Waals surface area contributed by atoms with Crippen LogP contribution in [0.3, 0.4) is 0 Å². The van der Waals surface area contributed by atoms with Gasteiger partial charge in [0, 0.05) is 20.1 Å². The summed E-state index contributed by atoms with van der Waals surface area (Å²) in [6, 6.07) is -0.410. The normalized spacial score (nSPS) is 11.5. The Kier molecular flexibility index (Phi) is 7.50. The Balaban J connectivity index is 3.89. The summed E-state index contributed by atoms with van der Waals surface area (Å²) >= 11 is 0. The van der Waals surface area contributed by atoms with Gasteiger partial charge < -0.3 is 20.1 Å². The molecule has 2 amide bonds. The molecule has 0 aliphatic carbocycles. The van der Waals surface area contributed by atoms with Crippen LogP contribution >= 0.6 is 0 Å². The van der Waals surface area contributed by atoms with E-state index in [4.69, 9.17) is 9.84 Å². The van der Waals surface area contributed by atoms with Crippen molar-refractivity contribution < 1.29 is 24.2 Å². The second-order valence-electron chi connectivity index (χ2n) is 3.90. The summed E-state index contributed by atoms with van der Waals surface area (Å²) < 4.78 is 4.73. The number of hydrogen-bond acceptors (Lipinski definition) is 4. The van der Waals surface area contributed by atoms with Gasteiger partial charge in [-0.15, -0.1) is 0 Å². The largest absolute Gasteiger partial charge is 0.481 e. The second-order valence-corrected chi connectivity index (χ2v) is 3.90. The average Bonchev–Trinajstić information content (AvgIpc) is 2.32. The van der Waals surface area contributed by atoms with Gasteiger partial charge in [0.1, 0.15) is 0 Å². The maximum atomic E-state index is 11.5. The quantitative estimate of drug-likeness (QED) is 0.642. The highest BCUT2D eigenvalue weighted by Gasteiger charge is 2.15. The molecule has 7 heteroatoms. The summed E-state index contributed by atoms with van der Waals surface area (Å²) in [6.07, 6.45) is 0.117. The summed E-state index contributed by atoms with van der Waals surface area (Å²) in [5.41, 5.74) is 0. The molecule has 0 saturated carbocycles. The maximum Gasteiger partial charge on any atom is 0.317 e. The minimum absolute atomic E-state index is 0.0535. The number of urea groups is 1. The lowest BCUT2D eigenvalue weighted by atomic mass is 10.2. The fourth-order valence-electron chi connectivity index (χ4n) is 1.06. The van der Waals surface area contributed by atoms with Crippen molar-refractivity contribution >= 4 is 18.0 Å². The Hall–Kier alpha value is -1.79. The van der Waals surface area contributed by atoms with Crippen LogP contribution in [0.25, 0.3) is 0 Å². The molecule has 104 valence electrons. The molecule has 0 rings (SSSR count). The van der Waals surface area contributed by atoms with Crippen molar-refractivity contribution in [3.05, 3.63) is 0 Å². The number of hydrogen-bond donors (Lipinski definition) is 2. The van der Waals surface area contributed by atoms with E-state index in [-0.39, 0.29) is 25.5 Å². The van der Waals surface area contributed by atoms with Crippen LogP contribution in [0.15, 0.2) is 0 Å². The van der Waals surface area contributed by atoms with E-state index in [1.807, 2.05) is 0 Å². The molecular weight excluding hydrogens is 240 g/mol. The molecule has 18 heavy (non-hydrogen) atoms. The SMILES string of the molecule is CCOC(=O)CCN(C)C(=O)NCC(C)C(=O)O. The van der Waals surface area contributed by atoms with E-state index in [1.54, 1.807) is 6.92 Å². The summed E-state index contributed by atoms with van der Waals surface area (Å²) in [7, 11) is 1.53. The number of carboxylic acid groups (broad SMARTS) is 1. The van der Waals surface area contributed by atoms with E-state index in [9.17, 15) is 14.4 Å². The minimum atomic E-state index is -0.968. The minimum Gasteiger partial charge on any atom is -0.481 e. The Morgan fingerprint density at radius 2 is 2.00 bits per heavy atom. The van der Waals surface area contributed by atoms with E-state index in [0.29, 0.717) is 6.61 Å². The molecule has 0 radical (unpaired) electrons. The summed E-state index contributed by atoms with van der Waals surface area (Å²) in [4.78, 5) is 34.4. The van der Waals surface area contributed by atoms with Crippen LogP contribution in [0.4, 0.5) is 4.79 Å². The molecule has 1 atom stereocenters. The number of ether oxygens (including phenoxy) is 1. The molecule has 7 nitrogen and oxygen atoms in total. The van der Waals surface area contributed by atoms with Gasteiger partial charge in [-0.3, -0.25) is 9.59 Å². The molecule has 2 N–H and O–H groups in total. The smallest absolute Gasteiger partial charge is 0.317 e. The van der Waals surface area contributed by atoms with Crippen LogP contribution in [0.5, 0.6) is 0 Å². The zero-order chi connectivity index (χ0) is 14.1. The molecule has 0 aromatic heterocycles. The highest BCUT2D eigenvalue weighted by atomic mass is 16.5. The first-order valence-corrected chi connectivity index (χ1v) is 5.75. The van der Waals surface area contributed by atoms with Gasteiger partial charge >= 0.3 is 18.0 Å². The van der Waals surface area contributed by atoms with Gasteiger partial charge in [-0.25, -0.2) is 4.79 Å². The first kappa shape index (κ1) is 16.2. The third-order valence-electron chi connectivity index (χ3n) is 2.28. The molecule has 0 aliphatic rings. The van der Waals surface area contributed by atoms with E-state index in [2.05, 4.69) is 5.32 Å². The van der Waals surface area contributed by atoms with Crippen molar-refractivity contribution in [3.8, 4) is 0 Å². The monoisotopic (exact) mass is 260 g/mol. The summed E-state index contributed by atoms with van der Waals surface area (Å²) in [5, 5.41) is 11.1. The predicted molar refractivity (Wildman–Crippen MR) is 64.1 cm³/mol. The fourth-order valence-corrected chi connectivity index (χ4v) is 1.06. The van der Waals surface area contributed by atoms with Crippen molar-refractivity contribution in [3.63, 3.8) is 0 Å². The Morgan fingerprint density at radius 3 is 2.50 bits per heavy atom. The molecule has 0 spiro atoms. The number of carbonyl (C=O) groups excluding carboxylic acids is 2. The molecule has 1 unspecified atom stereocenters. The highest BCUT2D eigenvalue weighted by molar-refractivity contribution is 5.76. The lowest BCUT2D eigenvalue weighted by molar-refractivity contribution is -0.143. The maximum absolute atomic E-state index is 11.5. The third-order valence-corrected chi connectivity index (χ3v) is 2.28. The van der Waals surface area contributed by atoms with Crippen molar-refractivity contribution in [2.24, 2.45) is 5.92 Å². The van der Waals surface area contributed by atoms with Crippen molar-refractivity contribution in [1.29, 1.82) is 0 Å². The molecule has 0 fully saturated rings. The van der Waals surface area contributed by atoms with Crippen molar-refractivity contribution in [2.45, 2.75) is 20.3 Å². The number of esters is 1. The molecular formula is C11H20N2O5. The molecule has 0 aliphatic heterocycles. The number of carbonyl (C=O) groups is 3. The number of nitrogens with zero attached hydrogens (tertiary/aromatic N) is 1. The van der Waals surface area contributed by atoms with Gasteiger partial charge in [-0.1, -0.05) is 6.92 Å². The van der Waals surface area contributed by atoms with Crippen LogP contribution in [-0.4, -0.2) is 54.7 Å². The van der Waals surface area contributed by atoms with E-state index in [0.717, 1.165) is 0 Å². The Labute approximate surface area is 106 Å². The number of carboxylic acids is 1. The standard InChI is InChI=1S/C11H20N2O5/c1-4-18-9(14)5-6-13(3)11(17)12-7-8(2)10(15)16/h8H,4-7H2,1-3H3,(H,12,17)(H,15,16). The average molecular weight is 260 g/mol. The number of nitrogens with one attached hydrogen (secondary N) is 1. The molecule has 0 heterocycles. The second kappa shape index (κ2) is 8.32. The Bertz CT molecular complexity index is 306. The van der Waals surface area contributed by atoms with Gasteiger partial charge in [0.15, 0.2) is 0 Å². The Morgan fingerprint density at radius 1 is 1.39 bits per heavy atom. The van der Waals surface area contributed by atoms with Crippen LogP contribution in [0.1, 0.15) is 20.3 Å². The number of amides is 2. The lowest BCUT2D eigenvalue weighted by Gasteiger charge is -2.18. The third kappa shape index (κ3) is 6.72.